The lowest BCUT2D eigenvalue weighted by atomic mass is 9.95. The topological polar surface area (TPSA) is 137 Å². The Balaban J connectivity index is 1.87. The number of primary sulfonamides is 1. The molecule has 2 rings (SSSR count). The van der Waals surface area contributed by atoms with E-state index in [4.69, 9.17) is 9.88 Å². The van der Waals surface area contributed by atoms with Gasteiger partial charge in [0.05, 0.1) is 11.9 Å². The van der Waals surface area contributed by atoms with Gasteiger partial charge in [0.2, 0.25) is 24.2 Å². The fraction of sp³-hybridized carbons (Fsp3) is 0.733. The maximum Gasteiger partial charge on any atom is 0.410 e. The van der Waals surface area contributed by atoms with Crippen molar-refractivity contribution in [3.63, 3.8) is 0 Å². The molecule has 2 heterocycles. The van der Waals surface area contributed by atoms with Crippen molar-refractivity contribution >= 4 is 37.3 Å². The molecule has 1 aromatic heterocycles. The van der Waals surface area contributed by atoms with Gasteiger partial charge in [-0.1, -0.05) is 11.3 Å². The van der Waals surface area contributed by atoms with Crippen molar-refractivity contribution in [2.75, 3.05) is 18.8 Å². The first-order chi connectivity index (χ1) is 12.3. The molecule has 9 nitrogen and oxygen atoms in total. The normalized spacial score (nSPS) is 17.1. The number of hydrogen-bond acceptors (Lipinski definition) is 8. The van der Waals surface area contributed by atoms with Crippen molar-refractivity contribution in [3.8, 4) is 0 Å². The molecule has 1 saturated heterocycles. The highest BCUT2D eigenvalue weighted by Gasteiger charge is 2.29. The number of sulfone groups is 1. The molecule has 27 heavy (non-hydrogen) atoms. The van der Waals surface area contributed by atoms with E-state index in [1.807, 2.05) is 20.8 Å². The predicted molar refractivity (Wildman–Crippen MR) is 101 cm³/mol. The second-order valence-corrected chi connectivity index (χ2v) is 12.6. The zero-order valence-electron chi connectivity index (χ0n) is 15.5. The maximum absolute atomic E-state index is 12.4. The molecule has 1 aliphatic heterocycles. The molecule has 154 valence electrons. The predicted octanol–water partition coefficient (Wildman–Crippen LogP) is 1.60. The summed E-state index contributed by atoms with van der Waals surface area (Å²) in [6.07, 6.45) is 2.41. The minimum absolute atomic E-state index is 0.123. The molecule has 0 atom stereocenters. The lowest BCUT2D eigenvalue weighted by Crippen LogP contribution is -2.41. The van der Waals surface area contributed by atoms with Crippen molar-refractivity contribution in [1.82, 2.24) is 9.88 Å². The molecule has 1 aliphatic rings. The summed E-state index contributed by atoms with van der Waals surface area (Å²) in [6.45, 7) is 6.46. The van der Waals surface area contributed by atoms with Crippen LogP contribution in [0.2, 0.25) is 0 Å². The second kappa shape index (κ2) is 8.02. The van der Waals surface area contributed by atoms with Crippen LogP contribution in [0.1, 0.15) is 40.0 Å². The molecular formula is C15H25N3O6S3. The Kier molecular flexibility index (Phi) is 6.55. The first-order valence-corrected chi connectivity index (χ1v) is 12.5. The number of nitrogens with zero attached hydrogens (tertiary/aromatic N) is 2. The minimum Gasteiger partial charge on any atom is -0.444 e. The summed E-state index contributed by atoms with van der Waals surface area (Å²) in [4.78, 5) is 17.4. The third-order valence-electron chi connectivity index (χ3n) is 4.07. The van der Waals surface area contributed by atoms with Crippen LogP contribution in [0, 0.1) is 5.92 Å². The quantitative estimate of drug-likeness (QED) is 0.735. The van der Waals surface area contributed by atoms with Gasteiger partial charge in [0, 0.05) is 13.1 Å². The van der Waals surface area contributed by atoms with E-state index >= 15 is 0 Å². The number of carbonyl (C=O) groups is 1. The van der Waals surface area contributed by atoms with Crippen LogP contribution in [-0.4, -0.2) is 57.3 Å². The number of carbonyl (C=O) groups excluding carboxylic acids is 1. The standard InChI is InChI=1S/C15H25N3O6S3/c1-15(2,3)24-14(19)18-7-4-11(5-8-18)6-9-26(20,21)13-17-10-12(25-13)27(16,22)23/h10-11H,4-9H2,1-3H3,(H2,16,22,23). The Morgan fingerprint density at radius 3 is 2.37 bits per heavy atom. The lowest BCUT2D eigenvalue weighted by Gasteiger charge is -2.33. The molecule has 0 aliphatic carbocycles. The largest absolute Gasteiger partial charge is 0.444 e. The van der Waals surface area contributed by atoms with E-state index in [1.54, 1.807) is 4.90 Å². The Labute approximate surface area is 163 Å². The van der Waals surface area contributed by atoms with Gasteiger partial charge in [-0.3, -0.25) is 0 Å². The van der Waals surface area contributed by atoms with E-state index in [0.29, 0.717) is 43.7 Å². The number of sulfonamides is 1. The molecular weight excluding hydrogens is 414 g/mol. The summed E-state index contributed by atoms with van der Waals surface area (Å²) in [5, 5.41) is 4.99. The van der Waals surface area contributed by atoms with Gasteiger partial charge in [-0.15, -0.1) is 0 Å². The highest BCUT2D eigenvalue weighted by Crippen LogP contribution is 2.26. The van der Waals surface area contributed by atoms with Gasteiger partial charge in [0.25, 0.3) is 0 Å². The van der Waals surface area contributed by atoms with E-state index < -0.39 is 25.5 Å². The summed E-state index contributed by atoms with van der Waals surface area (Å²) in [7, 11) is -7.63. The molecule has 1 fully saturated rings. The Morgan fingerprint density at radius 1 is 1.30 bits per heavy atom. The van der Waals surface area contributed by atoms with Crippen molar-refractivity contribution < 1.29 is 26.4 Å². The monoisotopic (exact) mass is 439 g/mol. The van der Waals surface area contributed by atoms with E-state index in [-0.39, 0.29) is 26.3 Å². The van der Waals surface area contributed by atoms with Gasteiger partial charge in [0.1, 0.15) is 5.60 Å². The number of likely N-dealkylation sites (tertiary alicyclic amines) is 1. The van der Waals surface area contributed by atoms with E-state index in [0.717, 1.165) is 6.20 Å². The number of rotatable bonds is 5. The number of thiazole rings is 1. The van der Waals surface area contributed by atoms with Crippen molar-refractivity contribution in [2.45, 2.75) is 54.2 Å². The van der Waals surface area contributed by atoms with Crippen LogP contribution in [-0.2, 0) is 24.6 Å². The van der Waals surface area contributed by atoms with Crippen LogP contribution in [0.4, 0.5) is 4.79 Å². The van der Waals surface area contributed by atoms with Crippen LogP contribution < -0.4 is 5.14 Å². The van der Waals surface area contributed by atoms with Gasteiger partial charge >= 0.3 is 6.09 Å². The summed E-state index contributed by atoms with van der Waals surface area (Å²) in [5.74, 6) is 0.0398. The average Bonchev–Trinajstić information content (AvgIpc) is 3.03. The first kappa shape index (κ1) is 22.1. The van der Waals surface area contributed by atoms with Gasteiger partial charge in [-0.25, -0.2) is 31.8 Å². The van der Waals surface area contributed by atoms with Gasteiger partial charge in [-0.05, 0) is 46.0 Å². The number of aromatic nitrogens is 1. The van der Waals surface area contributed by atoms with Gasteiger partial charge < -0.3 is 9.64 Å². The zero-order chi connectivity index (χ0) is 20.5. The number of ether oxygens (including phenoxy) is 1. The molecule has 0 aromatic carbocycles. The van der Waals surface area contributed by atoms with E-state index in [2.05, 4.69) is 4.98 Å². The molecule has 0 unspecified atom stereocenters. The van der Waals surface area contributed by atoms with E-state index in [9.17, 15) is 21.6 Å². The molecule has 0 spiro atoms. The summed E-state index contributed by atoms with van der Waals surface area (Å²) < 4.78 is 52.1. The fourth-order valence-corrected chi connectivity index (χ4v) is 6.16. The summed E-state index contributed by atoms with van der Waals surface area (Å²) >= 11 is 0.561. The second-order valence-electron chi connectivity index (χ2n) is 7.51. The molecule has 0 bridgehead atoms. The van der Waals surface area contributed by atoms with Crippen molar-refractivity contribution in [2.24, 2.45) is 11.1 Å². The number of nitrogens with two attached hydrogens (primary N) is 1. The molecule has 1 aromatic rings. The van der Waals surface area contributed by atoms with E-state index in [1.165, 1.54) is 0 Å². The first-order valence-electron chi connectivity index (χ1n) is 8.47. The van der Waals surface area contributed by atoms with Crippen LogP contribution in [0.15, 0.2) is 14.7 Å². The molecule has 2 N–H and O–H groups in total. The molecule has 0 saturated carbocycles. The van der Waals surface area contributed by atoms with Crippen LogP contribution >= 0.6 is 11.3 Å². The van der Waals surface area contributed by atoms with Crippen molar-refractivity contribution in [3.05, 3.63) is 6.20 Å². The third-order valence-corrected chi connectivity index (χ3v) is 8.69. The van der Waals surface area contributed by atoms with Gasteiger partial charge in [-0.2, -0.15) is 0 Å². The third kappa shape index (κ3) is 6.40. The molecule has 1 amide bonds. The van der Waals surface area contributed by atoms with Crippen LogP contribution in [0.25, 0.3) is 0 Å². The number of amides is 1. The number of piperidine rings is 1. The average molecular weight is 440 g/mol. The Hall–Kier alpha value is -1.24. The smallest absolute Gasteiger partial charge is 0.410 e. The van der Waals surface area contributed by atoms with Crippen molar-refractivity contribution in [1.29, 1.82) is 0 Å². The minimum atomic E-state index is -3.96. The fourth-order valence-electron chi connectivity index (χ4n) is 2.66. The molecule has 0 radical (unpaired) electrons. The zero-order valence-corrected chi connectivity index (χ0v) is 18.0. The van der Waals surface area contributed by atoms with Gasteiger partial charge in [0.15, 0.2) is 4.21 Å². The number of hydrogen-bond donors (Lipinski definition) is 1. The highest BCUT2D eigenvalue weighted by atomic mass is 32.3. The Bertz CT molecular complexity index is 878. The molecule has 12 heteroatoms. The lowest BCUT2D eigenvalue weighted by molar-refractivity contribution is 0.0183. The van der Waals surface area contributed by atoms with Crippen LogP contribution in [0.3, 0.4) is 0 Å². The summed E-state index contributed by atoms with van der Waals surface area (Å²) in [6, 6.07) is 0. The SMILES string of the molecule is CC(C)(C)OC(=O)N1CCC(CCS(=O)(=O)c2ncc(S(N)(=O)=O)s2)CC1. The summed E-state index contributed by atoms with van der Waals surface area (Å²) in [5.41, 5.74) is -0.550. The highest BCUT2D eigenvalue weighted by molar-refractivity contribution is 7.95. The maximum atomic E-state index is 12.4. The van der Waals surface area contributed by atoms with Crippen LogP contribution in [0.5, 0.6) is 0 Å². The Morgan fingerprint density at radius 2 is 1.89 bits per heavy atom.